The van der Waals surface area contributed by atoms with Crippen LogP contribution < -0.4 is 0 Å². The van der Waals surface area contributed by atoms with Crippen molar-refractivity contribution in [1.82, 2.24) is 9.88 Å². The molecule has 16 heavy (non-hydrogen) atoms. The second-order valence-corrected chi connectivity index (χ2v) is 6.97. The lowest BCUT2D eigenvalue weighted by Crippen LogP contribution is -2.24. The molecule has 1 rings (SSSR count). The highest BCUT2D eigenvalue weighted by Crippen LogP contribution is 2.34. The van der Waals surface area contributed by atoms with Crippen LogP contribution in [0.2, 0.25) is 9.49 Å². The van der Waals surface area contributed by atoms with Gasteiger partial charge in [0, 0.05) is 31.1 Å². The number of carbonyl (C=O) groups is 1. The second-order valence-electron chi connectivity index (χ2n) is 2.83. The Kier molecular flexibility index (Phi) is 6.28. The van der Waals surface area contributed by atoms with Gasteiger partial charge in [0.15, 0.2) is 9.49 Å². The number of carbonyl (C=O) groups excluding carboxylic acids is 1. The molecule has 1 heterocycles. The minimum absolute atomic E-state index is 0.0452. The molecule has 0 bridgehead atoms. The topological polar surface area (TPSA) is 33.2 Å². The molecule has 3 nitrogen and oxygen atoms in total. The summed E-state index contributed by atoms with van der Waals surface area (Å²) in [6.45, 7) is 0.722. The highest BCUT2D eigenvalue weighted by molar-refractivity contribution is 8.14. The Morgan fingerprint density at radius 2 is 2.25 bits per heavy atom. The van der Waals surface area contributed by atoms with Crippen LogP contribution in [0.1, 0.15) is 0 Å². The van der Waals surface area contributed by atoms with Crippen LogP contribution in [0.25, 0.3) is 0 Å². The monoisotopic (exact) mass is 316 g/mol. The van der Waals surface area contributed by atoms with Gasteiger partial charge in [0.25, 0.3) is 5.24 Å². The molecule has 0 saturated heterocycles. The first-order valence-electron chi connectivity index (χ1n) is 4.28. The van der Waals surface area contributed by atoms with Crippen molar-refractivity contribution in [3.8, 4) is 0 Å². The predicted octanol–water partition coefficient (Wildman–Crippen LogP) is 3.96. The quantitative estimate of drug-likeness (QED) is 0.787. The van der Waals surface area contributed by atoms with Crippen LogP contribution in [0, 0.1) is 0 Å². The summed E-state index contributed by atoms with van der Waals surface area (Å²) in [7, 11) is 1.77. The summed E-state index contributed by atoms with van der Waals surface area (Å²) in [5.41, 5.74) is 0. The van der Waals surface area contributed by atoms with E-state index in [1.165, 1.54) is 11.3 Å². The van der Waals surface area contributed by atoms with Gasteiger partial charge in [-0.1, -0.05) is 34.5 Å². The van der Waals surface area contributed by atoms with Gasteiger partial charge in [-0.15, -0.1) is 0 Å². The summed E-state index contributed by atoms with van der Waals surface area (Å²) in [6, 6.07) is 0. The maximum Gasteiger partial charge on any atom is 0.288 e. The van der Waals surface area contributed by atoms with Crippen molar-refractivity contribution in [3.63, 3.8) is 0 Å². The van der Waals surface area contributed by atoms with Crippen molar-refractivity contribution in [2.24, 2.45) is 0 Å². The largest absolute Gasteiger partial charge is 0.335 e. The molecule has 0 N–H and O–H groups in total. The van der Waals surface area contributed by atoms with Crippen LogP contribution in [0.4, 0.5) is 4.79 Å². The van der Waals surface area contributed by atoms with Gasteiger partial charge in [0.2, 0.25) is 0 Å². The molecule has 0 fully saturated rings. The molecule has 0 radical (unpaired) electrons. The van der Waals surface area contributed by atoms with Gasteiger partial charge < -0.3 is 4.90 Å². The zero-order valence-electron chi connectivity index (χ0n) is 8.70. The summed E-state index contributed by atoms with van der Waals surface area (Å²) >= 11 is 15.4. The highest BCUT2D eigenvalue weighted by Gasteiger charge is 2.15. The number of halogens is 2. The summed E-state index contributed by atoms with van der Waals surface area (Å²) in [6.07, 6.45) is 2.01. The van der Waals surface area contributed by atoms with Crippen LogP contribution in [-0.4, -0.2) is 40.7 Å². The first-order chi connectivity index (χ1) is 7.54. The van der Waals surface area contributed by atoms with E-state index >= 15 is 0 Å². The molecule has 0 aromatic carbocycles. The van der Waals surface area contributed by atoms with Crippen LogP contribution in [0.3, 0.4) is 0 Å². The molecule has 1 aromatic heterocycles. The molecule has 0 aliphatic heterocycles. The van der Waals surface area contributed by atoms with Crippen molar-refractivity contribution in [3.05, 3.63) is 9.49 Å². The number of aromatic nitrogens is 1. The third kappa shape index (κ3) is 4.33. The van der Waals surface area contributed by atoms with Crippen LogP contribution in [-0.2, 0) is 0 Å². The predicted molar refractivity (Wildman–Crippen MR) is 74.4 cm³/mol. The maximum atomic E-state index is 11.7. The lowest BCUT2D eigenvalue weighted by Gasteiger charge is -2.14. The number of rotatable bonds is 4. The molecule has 1 amide bonds. The Labute approximate surface area is 117 Å². The Balaban J connectivity index is 2.50. The van der Waals surface area contributed by atoms with Gasteiger partial charge in [-0.3, -0.25) is 4.79 Å². The van der Waals surface area contributed by atoms with E-state index in [4.69, 9.17) is 23.2 Å². The molecule has 90 valence electrons. The number of amides is 1. The van der Waals surface area contributed by atoms with E-state index in [9.17, 15) is 4.79 Å². The number of hydrogen-bond acceptors (Lipinski definition) is 5. The number of thiazole rings is 1. The SMILES string of the molecule is CSCCN(C)C(=O)Sc1nc(Cl)c(Cl)s1. The first kappa shape index (κ1) is 14.4. The number of nitrogens with zero attached hydrogens (tertiary/aromatic N) is 2. The Morgan fingerprint density at radius 3 is 2.75 bits per heavy atom. The Bertz CT molecular complexity index is 353. The van der Waals surface area contributed by atoms with Crippen LogP contribution >= 0.6 is 58.1 Å². The van der Waals surface area contributed by atoms with Gasteiger partial charge in [-0.25, -0.2) is 4.98 Å². The third-order valence-electron chi connectivity index (χ3n) is 1.65. The van der Waals surface area contributed by atoms with E-state index < -0.39 is 0 Å². The van der Waals surface area contributed by atoms with Gasteiger partial charge in [0.05, 0.1) is 0 Å². The van der Waals surface area contributed by atoms with E-state index in [1.807, 2.05) is 6.26 Å². The van der Waals surface area contributed by atoms with Gasteiger partial charge >= 0.3 is 0 Å². The minimum atomic E-state index is -0.0452. The molecule has 0 unspecified atom stereocenters. The maximum absolute atomic E-state index is 11.7. The van der Waals surface area contributed by atoms with Gasteiger partial charge in [-0.2, -0.15) is 11.8 Å². The van der Waals surface area contributed by atoms with Crippen molar-refractivity contribution < 1.29 is 4.79 Å². The molecule has 0 spiro atoms. The number of thioether (sulfide) groups is 2. The first-order valence-corrected chi connectivity index (χ1v) is 8.06. The standard InChI is InChI=1S/C8H10Cl2N2OS3/c1-12(3-4-14-2)8(13)16-7-11-5(9)6(10)15-7/h3-4H2,1-2H3. The van der Waals surface area contributed by atoms with E-state index in [-0.39, 0.29) is 10.4 Å². The molecular weight excluding hydrogens is 307 g/mol. The smallest absolute Gasteiger partial charge is 0.288 e. The summed E-state index contributed by atoms with van der Waals surface area (Å²) in [4.78, 5) is 17.3. The van der Waals surface area contributed by atoms with E-state index in [2.05, 4.69) is 4.98 Å². The molecule has 0 aliphatic rings. The fourth-order valence-electron chi connectivity index (χ4n) is 0.781. The Morgan fingerprint density at radius 1 is 1.56 bits per heavy atom. The van der Waals surface area contributed by atoms with Gasteiger partial charge in [-0.05, 0) is 6.26 Å². The third-order valence-corrected chi connectivity index (χ3v) is 5.02. The Hall–Kier alpha value is 0.380. The molecule has 1 aromatic rings. The molecule has 0 aliphatic carbocycles. The van der Waals surface area contributed by atoms with E-state index in [0.717, 1.165) is 24.1 Å². The van der Waals surface area contributed by atoms with Crippen molar-refractivity contribution in [2.45, 2.75) is 4.34 Å². The highest BCUT2D eigenvalue weighted by atomic mass is 35.5. The normalized spacial score (nSPS) is 10.5. The molecular formula is C8H10Cl2N2OS3. The van der Waals surface area contributed by atoms with Crippen molar-refractivity contribution >= 4 is 63.3 Å². The fraction of sp³-hybridized carbons (Fsp3) is 0.500. The zero-order chi connectivity index (χ0) is 12.1. The summed E-state index contributed by atoms with van der Waals surface area (Å²) in [5, 5.41) is 0.213. The van der Waals surface area contributed by atoms with Crippen LogP contribution in [0.15, 0.2) is 4.34 Å². The average molecular weight is 317 g/mol. The lowest BCUT2D eigenvalue weighted by atomic mass is 10.7. The zero-order valence-corrected chi connectivity index (χ0v) is 12.7. The van der Waals surface area contributed by atoms with E-state index in [1.54, 1.807) is 23.7 Å². The molecule has 8 heteroatoms. The van der Waals surface area contributed by atoms with Crippen molar-refractivity contribution in [1.29, 1.82) is 0 Å². The number of hydrogen-bond donors (Lipinski definition) is 0. The van der Waals surface area contributed by atoms with E-state index in [0.29, 0.717) is 8.68 Å². The fourth-order valence-corrected chi connectivity index (χ4v) is 3.52. The summed E-state index contributed by atoms with van der Waals surface area (Å²) in [5.74, 6) is 0.919. The second kappa shape index (κ2) is 6.96. The molecule has 0 saturated carbocycles. The minimum Gasteiger partial charge on any atom is -0.335 e. The van der Waals surface area contributed by atoms with Crippen molar-refractivity contribution in [2.75, 3.05) is 25.6 Å². The summed E-state index contributed by atoms with van der Waals surface area (Å²) < 4.78 is 1.000. The van der Waals surface area contributed by atoms with Crippen LogP contribution in [0.5, 0.6) is 0 Å². The molecule has 0 atom stereocenters. The average Bonchev–Trinajstić information content (AvgIpc) is 2.54. The lowest BCUT2D eigenvalue weighted by molar-refractivity contribution is 0.236. The van der Waals surface area contributed by atoms with Gasteiger partial charge in [0.1, 0.15) is 4.34 Å².